The largest absolute Gasteiger partial charge is 0.391 e. The number of aliphatic imine (C=N–C) groups is 1. The van der Waals surface area contributed by atoms with Crippen molar-refractivity contribution in [1.82, 2.24) is 10.2 Å². The lowest BCUT2D eigenvalue weighted by molar-refractivity contribution is 0.188. The van der Waals surface area contributed by atoms with Gasteiger partial charge in [-0.15, -0.1) is 0 Å². The predicted octanol–water partition coefficient (Wildman–Crippen LogP) is 2.63. The number of aliphatic hydroxyl groups is 1. The molecule has 1 aliphatic rings. The number of β-amino-alcohol motifs (C(OH)–C–C–N with tert-alkyl or cyclic N) is 1. The first kappa shape index (κ1) is 17.3. The van der Waals surface area contributed by atoms with E-state index in [9.17, 15) is 5.11 Å². The third-order valence-electron chi connectivity index (χ3n) is 3.75. The molecule has 4 nitrogen and oxygen atoms in total. The van der Waals surface area contributed by atoms with Crippen molar-refractivity contribution in [3.63, 3.8) is 0 Å². The highest BCUT2D eigenvalue weighted by atomic mass is 16.3. The fourth-order valence-electron chi connectivity index (χ4n) is 2.56. The van der Waals surface area contributed by atoms with Gasteiger partial charge in [0.05, 0.1) is 6.10 Å². The molecule has 0 aromatic heterocycles. The lowest BCUT2D eigenvalue weighted by Crippen LogP contribution is -2.40. The molecule has 0 aromatic rings. The second-order valence-electron chi connectivity index (χ2n) is 6.22. The van der Waals surface area contributed by atoms with Crippen LogP contribution in [0, 0.1) is 5.92 Å². The summed E-state index contributed by atoms with van der Waals surface area (Å²) in [4.78, 5) is 6.86. The first-order chi connectivity index (χ1) is 9.63. The van der Waals surface area contributed by atoms with E-state index in [0.717, 1.165) is 44.5 Å². The van der Waals surface area contributed by atoms with E-state index >= 15 is 0 Å². The molecule has 1 fully saturated rings. The number of hydrogen-bond acceptors (Lipinski definition) is 2. The number of hydrogen-bond donors (Lipinski definition) is 2. The van der Waals surface area contributed by atoms with Crippen LogP contribution in [0.3, 0.4) is 0 Å². The number of rotatable bonds is 8. The minimum Gasteiger partial charge on any atom is -0.391 e. The van der Waals surface area contributed by atoms with Gasteiger partial charge in [0.1, 0.15) is 0 Å². The molecule has 0 radical (unpaired) electrons. The number of likely N-dealkylation sites (tertiary alicyclic amines) is 1. The molecule has 1 saturated heterocycles. The molecule has 0 spiro atoms. The van der Waals surface area contributed by atoms with E-state index in [-0.39, 0.29) is 6.10 Å². The van der Waals surface area contributed by atoms with Crippen LogP contribution in [0.1, 0.15) is 59.3 Å². The minimum atomic E-state index is -0.185. The summed E-state index contributed by atoms with van der Waals surface area (Å²) in [6.45, 7) is 10.1. The number of aliphatic hydroxyl groups excluding tert-OH is 1. The second kappa shape index (κ2) is 10.0. The summed E-state index contributed by atoms with van der Waals surface area (Å²) >= 11 is 0. The first-order valence-corrected chi connectivity index (χ1v) is 8.34. The fourth-order valence-corrected chi connectivity index (χ4v) is 2.56. The van der Waals surface area contributed by atoms with Gasteiger partial charge < -0.3 is 15.3 Å². The molecule has 1 atom stereocenters. The Morgan fingerprint density at radius 3 is 2.65 bits per heavy atom. The minimum absolute atomic E-state index is 0.185. The van der Waals surface area contributed by atoms with Crippen LogP contribution in [0.2, 0.25) is 0 Å². The van der Waals surface area contributed by atoms with Gasteiger partial charge in [-0.3, -0.25) is 4.99 Å². The molecule has 1 aliphatic heterocycles. The van der Waals surface area contributed by atoms with E-state index in [1.54, 1.807) is 0 Å². The van der Waals surface area contributed by atoms with Crippen LogP contribution >= 0.6 is 0 Å². The molecular weight excluding hydrogens is 250 g/mol. The third-order valence-corrected chi connectivity index (χ3v) is 3.75. The van der Waals surface area contributed by atoms with Crippen molar-refractivity contribution >= 4 is 5.96 Å². The molecule has 0 saturated carbocycles. The van der Waals surface area contributed by atoms with Gasteiger partial charge in [0.25, 0.3) is 0 Å². The van der Waals surface area contributed by atoms with Crippen molar-refractivity contribution in [3.05, 3.63) is 0 Å². The van der Waals surface area contributed by atoms with Crippen LogP contribution < -0.4 is 5.32 Å². The molecule has 0 aliphatic carbocycles. The summed E-state index contributed by atoms with van der Waals surface area (Å²) in [5.41, 5.74) is 0. The summed E-state index contributed by atoms with van der Waals surface area (Å²) in [6.07, 6.45) is 7.14. The van der Waals surface area contributed by atoms with Crippen molar-refractivity contribution in [2.45, 2.75) is 65.4 Å². The molecule has 0 aromatic carbocycles. The summed E-state index contributed by atoms with van der Waals surface area (Å²) in [5, 5.41) is 12.9. The van der Waals surface area contributed by atoms with Crippen LogP contribution in [0.5, 0.6) is 0 Å². The molecule has 0 bridgehead atoms. The van der Waals surface area contributed by atoms with Gasteiger partial charge in [-0.25, -0.2) is 0 Å². The topological polar surface area (TPSA) is 47.9 Å². The lowest BCUT2D eigenvalue weighted by atomic mass is 10.0. The van der Waals surface area contributed by atoms with Crippen molar-refractivity contribution in [3.8, 4) is 0 Å². The molecule has 4 heteroatoms. The normalized spacial score (nSPS) is 19.9. The number of unbranched alkanes of at least 4 members (excludes halogenated alkanes) is 3. The average Bonchev–Trinajstić information content (AvgIpc) is 2.82. The van der Waals surface area contributed by atoms with Crippen molar-refractivity contribution in [1.29, 1.82) is 0 Å². The Bertz CT molecular complexity index is 279. The van der Waals surface area contributed by atoms with E-state index in [4.69, 9.17) is 0 Å². The van der Waals surface area contributed by atoms with E-state index in [0.29, 0.717) is 0 Å². The van der Waals surface area contributed by atoms with Gasteiger partial charge in [-0.2, -0.15) is 0 Å². The Balaban J connectivity index is 2.19. The van der Waals surface area contributed by atoms with Crippen LogP contribution in [0.15, 0.2) is 4.99 Å². The zero-order valence-electron chi connectivity index (χ0n) is 13.6. The maximum Gasteiger partial charge on any atom is 0.194 e. The molecule has 1 heterocycles. The van der Waals surface area contributed by atoms with Crippen molar-refractivity contribution < 1.29 is 5.11 Å². The van der Waals surface area contributed by atoms with Gasteiger partial charge in [0.15, 0.2) is 5.96 Å². The SMILES string of the molecule is CCNC(=NCCCCCCC(C)C)N1CC[C@@H](O)C1. The molecular formula is C16H33N3O. The smallest absolute Gasteiger partial charge is 0.194 e. The highest BCUT2D eigenvalue weighted by Gasteiger charge is 2.22. The van der Waals surface area contributed by atoms with Gasteiger partial charge in [0, 0.05) is 26.2 Å². The van der Waals surface area contributed by atoms with Crippen LogP contribution in [-0.2, 0) is 0 Å². The van der Waals surface area contributed by atoms with Gasteiger partial charge in [-0.05, 0) is 25.7 Å². The first-order valence-electron chi connectivity index (χ1n) is 8.34. The Morgan fingerprint density at radius 2 is 2.05 bits per heavy atom. The zero-order chi connectivity index (χ0) is 14.8. The number of guanidine groups is 1. The standard InChI is InChI=1S/C16H33N3O/c1-4-17-16(19-12-10-15(20)13-19)18-11-8-6-5-7-9-14(2)3/h14-15,20H,4-13H2,1-3H3,(H,17,18)/t15-/m1/s1. The van der Waals surface area contributed by atoms with Crippen LogP contribution in [0.25, 0.3) is 0 Å². The van der Waals surface area contributed by atoms with Crippen molar-refractivity contribution in [2.75, 3.05) is 26.2 Å². The maximum absolute atomic E-state index is 9.61. The summed E-state index contributed by atoms with van der Waals surface area (Å²) in [7, 11) is 0. The molecule has 0 unspecified atom stereocenters. The molecule has 1 rings (SSSR count). The third kappa shape index (κ3) is 7.13. The Hall–Kier alpha value is -0.770. The fraction of sp³-hybridized carbons (Fsp3) is 0.938. The van der Waals surface area contributed by atoms with Gasteiger partial charge in [0.2, 0.25) is 0 Å². The van der Waals surface area contributed by atoms with Gasteiger partial charge in [-0.1, -0.05) is 39.5 Å². The summed E-state index contributed by atoms with van der Waals surface area (Å²) in [6, 6.07) is 0. The number of nitrogens with one attached hydrogen (secondary N) is 1. The molecule has 118 valence electrons. The second-order valence-corrected chi connectivity index (χ2v) is 6.22. The van der Waals surface area contributed by atoms with Gasteiger partial charge >= 0.3 is 0 Å². The molecule has 0 amide bonds. The van der Waals surface area contributed by atoms with Crippen LogP contribution in [-0.4, -0.2) is 48.2 Å². The Kier molecular flexibility index (Phi) is 8.67. The van der Waals surface area contributed by atoms with Crippen LogP contribution in [0.4, 0.5) is 0 Å². The predicted molar refractivity (Wildman–Crippen MR) is 86.1 cm³/mol. The van der Waals surface area contributed by atoms with Crippen molar-refractivity contribution in [2.24, 2.45) is 10.9 Å². The number of nitrogens with zero attached hydrogens (tertiary/aromatic N) is 2. The average molecular weight is 283 g/mol. The summed E-state index contributed by atoms with van der Waals surface area (Å²) in [5.74, 6) is 1.81. The summed E-state index contributed by atoms with van der Waals surface area (Å²) < 4.78 is 0. The van der Waals surface area contributed by atoms with E-state index in [1.807, 2.05) is 0 Å². The maximum atomic E-state index is 9.61. The monoisotopic (exact) mass is 283 g/mol. The lowest BCUT2D eigenvalue weighted by Gasteiger charge is -2.20. The highest BCUT2D eigenvalue weighted by Crippen LogP contribution is 2.11. The van der Waals surface area contributed by atoms with E-state index in [2.05, 4.69) is 36.0 Å². The molecule has 2 N–H and O–H groups in total. The highest BCUT2D eigenvalue weighted by molar-refractivity contribution is 5.80. The zero-order valence-corrected chi connectivity index (χ0v) is 13.6. The molecule has 20 heavy (non-hydrogen) atoms. The quantitative estimate of drug-likeness (QED) is 0.409. The Labute approximate surface area is 124 Å². The Morgan fingerprint density at radius 1 is 1.30 bits per heavy atom. The van der Waals surface area contributed by atoms with E-state index in [1.165, 1.54) is 32.1 Å². The van der Waals surface area contributed by atoms with E-state index < -0.39 is 0 Å².